The van der Waals surface area contributed by atoms with Gasteiger partial charge in [0.25, 0.3) is 0 Å². The zero-order valence-electron chi connectivity index (χ0n) is 29.6. The molecule has 2 heteroatoms. The van der Waals surface area contributed by atoms with E-state index in [4.69, 9.17) is 4.42 Å². The maximum atomic E-state index is 6.63. The van der Waals surface area contributed by atoms with Gasteiger partial charge >= 0.3 is 0 Å². The van der Waals surface area contributed by atoms with Gasteiger partial charge < -0.3 is 9.32 Å². The fourth-order valence-electron chi connectivity index (χ4n) is 7.79. The van der Waals surface area contributed by atoms with Gasteiger partial charge in [-0.1, -0.05) is 158 Å². The van der Waals surface area contributed by atoms with Gasteiger partial charge in [0.1, 0.15) is 11.2 Å². The summed E-state index contributed by atoms with van der Waals surface area (Å²) in [6.07, 6.45) is 0. The van der Waals surface area contributed by atoms with Crippen molar-refractivity contribution in [2.75, 3.05) is 4.90 Å². The van der Waals surface area contributed by atoms with Gasteiger partial charge in [0, 0.05) is 27.7 Å². The number of benzene rings is 9. The average Bonchev–Trinajstić information content (AvgIpc) is 3.62. The topological polar surface area (TPSA) is 16.4 Å². The molecule has 10 aromatic rings. The van der Waals surface area contributed by atoms with Crippen LogP contribution in [0, 0.1) is 0 Å². The van der Waals surface area contributed by atoms with Gasteiger partial charge in [0.15, 0.2) is 0 Å². The van der Waals surface area contributed by atoms with Crippen molar-refractivity contribution in [3.8, 4) is 44.5 Å². The maximum absolute atomic E-state index is 6.63. The molecule has 0 aliphatic heterocycles. The smallest absolute Gasteiger partial charge is 0.136 e. The first-order valence-corrected chi connectivity index (χ1v) is 18.4. The minimum atomic E-state index is 0.877. The van der Waals surface area contributed by atoms with Crippen LogP contribution in [0.4, 0.5) is 17.1 Å². The minimum absolute atomic E-state index is 0.877. The van der Waals surface area contributed by atoms with Gasteiger partial charge in [-0.3, -0.25) is 0 Å². The molecule has 0 atom stereocenters. The normalized spacial score (nSPS) is 11.3. The van der Waals surface area contributed by atoms with E-state index in [0.29, 0.717) is 0 Å². The van der Waals surface area contributed by atoms with Gasteiger partial charge in [-0.05, 0) is 104 Å². The van der Waals surface area contributed by atoms with E-state index in [1.165, 1.54) is 38.8 Å². The Balaban J connectivity index is 1.13. The van der Waals surface area contributed by atoms with Crippen LogP contribution in [0.15, 0.2) is 217 Å². The molecule has 54 heavy (non-hydrogen) atoms. The Kier molecular flexibility index (Phi) is 7.85. The molecule has 0 spiro atoms. The second-order valence-electron chi connectivity index (χ2n) is 13.7. The van der Waals surface area contributed by atoms with Crippen LogP contribution in [0.5, 0.6) is 0 Å². The van der Waals surface area contributed by atoms with Crippen LogP contribution >= 0.6 is 0 Å². The number of anilines is 3. The molecule has 0 saturated heterocycles. The standard InChI is InChI=1S/C52H35NO/c1-4-13-36(14-5-1)39-25-29-44(30-26-39)53(45-31-27-40(28-32-45)37-15-6-2-7-16-37)49-21-11-10-19-46(49)47-20-12-22-50-52(47)48-34-42-24-23-41(38-17-8-3-9-18-38)33-43(42)35-51(48)54-50/h1-35H. The summed E-state index contributed by atoms with van der Waals surface area (Å²) < 4.78 is 6.63. The number of furan rings is 1. The summed E-state index contributed by atoms with van der Waals surface area (Å²) in [5.41, 5.74) is 14.5. The highest BCUT2D eigenvalue weighted by Gasteiger charge is 2.21. The average molecular weight is 690 g/mol. The van der Waals surface area contributed by atoms with Gasteiger partial charge in [-0.15, -0.1) is 0 Å². The molecule has 2 nitrogen and oxygen atoms in total. The summed E-state index contributed by atoms with van der Waals surface area (Å²) in [7, 11) is 0. The molecule has 9 aromatic carbocycles. The molecule has 0 saturated carbocycles. The summed E-state index contributed by atoms with van der Waals surface area (Å²) >= 11 is 0. The lowest BCUT2D eigenvalue weighted by Crippen LogP contribution is -2.11. The number of hydrogen-bond acceptors (Lipinski definition) is 2. The fraction of sp³-hybridized carbons (Fsp3) is 0. The van der Waals surface area contributed by atoms with Crippen molar-refractivity contribution < 1.29 is 4.42 Å². The van der Waals surface area contributed by atoms with E-state index >= 15 is 0 Å². The molecule has 10 rings (SSSR count). The van der Waals surface area contributed by atoms with E-state index in [0.717, 1.165) is 55.5 Å². The highest BCUT2D eigenvalue weighted by molar-refractivity contribution is 6.17. The van der Waals surface area contributed by atoms with E-state index in [-0.39, 0.29) is 0 Å². The largest absolute Gasteiger partial charge is 0.456 e. The van der Waals surface area contributed by atoms with Gasteiger partial charge in [0.05, 0.1) is 5.69 Å². The van der Waals surface area contributed by atoms with Crippen LogP contribution in [0.2, 0.25) is 0 Å². The Morgan fingerprint density at radius 2 is 0.815 bits per heavy atom. The van der Waals surface area contributed by atoms with Crippen LogP contribution in [0.1, 0.15) is 0 Å². The van der Waals surface area contributed by atoms with Crippen LogP contribution in [-0.2, 0) is 0 Å². The predicted octanol–water partition coefficient (Wildman–Crippen LogP) is 14.9. The molecule has 0 fully saturated rings. The number of nitrogens with zero attached hydrogens (tertiary/aromatic N) is 1. The van der Waals surface area contributed by atoms with Gasteiger partial charge in [-0.2, -0.15) is 0 Å². The van der Waals surface area contributed by atoms with Crippen molar-refractivity contribution in [3.63, 3.8) is 0 Å². The Morgan fingerprint density at radius 3 is 1.43 bits per heavy atom. The van der Waals surface area contributed by atoms with Crippen molar-refractivity contribution in [1.29, 1.82) is 0 Å². The molecule has 1 heterocycles. The monoisotopic (exact) mass is 689 g/mol. The highest BCUT2D eigenvalue weighted by atomic mass is 16.3. The number of rotatable bonds is 7. The zero-order chi connectivity index (χ0) is 35.8. The van der Waals surface area contributed by atoms with E-state index in [1.807, 2.05) is 0 Å². The first-order valence-electron chi connectivity index (χ1n) is 18.4. The number of para-hydroxylation sites is 1. The lowest BCUT2D eigenvalue weighted by atomic mass is 9.95. The Bertz CT molecular complexity index is 2810. The molecule has 0 bridgehead atoms. The summed E-state index contributed by atoms with van der Waals surface area (Å²) in [6.45, 7) is 0. The fourth-order valence-corrected chi connectivity index (χ4v) is 7.79. The molecular formula is C52H35NO. The summed E-state index contributed by atoms with van der Waals surface area (Å²) in [6, 6.07) is 75.8. The third-order valence-electron chi connectivity index (χ3n) is 10.5. The van der Waals surface area contributed by atoms with Crippen LogP contribution in [0.25, 0.3) is 77.2 Å². The molecule has 0 unspecified atom stereocenters. The van der Waals surface area contributed by atoms with Crippen molar-refractivity contribution in [2.45, 2.75) is 0 Å². The molecule has 0 aliphatic carbocycles. The lowest BCUT2D eigenvalue weighted by Gasteiger charge is -2.28. The summed E-state index contributed by atoms with van der Waals surface area (Å²) in [5, 5.41) is 4.58. The van der Waals surface area contributed by atoms with Crippen molar-refractivity contribution >= 4 is 49.8 Å². The highest BCUT2D eigenvalue weighted by Crippen LogP contribution is 2.46. The van der Waals surface area contributed by atoms with Gasteiger partial charge in [0.2, 0.25) is 0 Å². The lowest BCUT2D eigenvalue weighted by molar-refractivity contribution is 0.669. The molecule has 1 aromatic heterocycles. The second-order valence-corrected chi connectivity index (χ2v) is 13.7. The summed E-state index contributed by atoms with van der Waals surface area (Å²) in [4.78, 5) is 2.38. The second kappa shape index (κ2) is 13.4. The summed E-state index contributed by atoms with van der Waals surface area (Å²) in [5.74, 6) is 0. The van der Waals surface area contributed by atoms with Gasteiger partial charge in [-0.25, -0.2) is 0 Å². The molecule has 0 aliphatic rings. The van der Waals surface area contributed by atoms with Crippen LogP contribution < -0.4 is 4.90 Å². The van der Waals surface area contributed by atoms with E-state index in [9.17, 15) is 0 Å². The third kappa shape index (κ3) is 5.71. The number of fused-ring (bicyclic) bond motifs is 4. The van der Waals surface area contributed by atoms with Crippen molar-refractivity contribution in [1.82, 2.24) is 0 Å². The molecule has 254 valence electrons. The van der Waals surface area contributed by atoms with E-state index < -0.39 is 0 Å². The zero-order valence-corrected chi connectivity index (χ0v) is 29.6. The first-order chi connectivity index (χ1) is 26.8. The molecule has 0 N–H and O–H groups in total. The Hall–Kier alpha value is -7.16. The SMILES string of the molecule is c1ccc(-c2ccc(N(c3ccc(-c4ccccc4)cc3)c3ccccc3-c3cccc4oc5cc6cc(-c7ccccc7)ccc6cc5c34)cc2)cc1. The van der Waals surface area contributed by atoms with Crippen molar-refractivity contribution in [3.05, 3.63) is 212 Å². The molecule has 0 radical (unpaired) electrons. The first kappa shape index (κ1) is 31.6. The van der Waals surface area contributed by atoms with Crippen LogP contribution in [-0.4, -0.2) is 0 Å². The maximum Gasteiger partial charge on any atom is 0.136 e. The predicted molar refractivity (Wildman–Crippen MR) is 228 cm³/mol. The Labute approximate surface area is 314 Å². The minimum Gasteiger partial charge on any atom is -0.456 e. The van der Waals surface area contributed by atoms with Crippen LogP contribution in [0.3, 0.4) is 0 Å². The molecular weight excluding hydrogens is 655 g/mol. The number of hydrogen-bond donors (Lipinski definition) is 0. The van der Waals surface area contributed by atoms with Crippen molar-refractivity contribution in [2.24, 2.45) is 0 Å². The third-order valence-corrected chi connectivity index (χ3v) is 10.5. The Morgan fingerprint density at radius 1 is 0.315 bits per heavy atom. The molecule has 0 amide bonds. The van der Waals surface area contributed by atoms with E-state index in [1.54, 1.807) is 0 Å². The quantitative estimate of drug-likeness (QED) is 0.166. The van der Waals surface area contributed by atoms with E-state index in [2.05, 4.69) is 217 Å².